The summed E-state index contributed by atoms with van der Waals surface area (Å²) < 4.78 is 1.08. The van der Waals surface area contributed by atoms with Gasteiger partial charge in [0.2, 0.25) is 0 Å². The lowest BCUT2D eigenvalue weighted by Crippen LogP contribution is -2.42. The third kappa shape index (κ3) is 2.85. The van der Waals surface area contributed by atoms with Gasteiger partial charge in [0.15, 0.2) is 0 Å². The molecule has 2 heterocycles. The second-order valence-electron chi connectivity index (χ2n) is 6.15. The number of carboxylic acids is 1. The Hall–Kier alpha value is -1.33. The molecular formula is C16H19BrN2O2. The maximum absolute atomic E-state index is 11.3. The van der Waals surface area contributed by atoms with Crippen LogP contribution in [0.1, 0.15) is 25.3 Å². The van der Waals surface area contributed by atoms with Gasteiger partial charge in [-0.15, -0.1) is 0 Å². The molecule has 0 amide bonds. The lowest BCUT2D eigenvalue weighted by Gasteiger charge is -2.36. The Balaban J connectivity index is 1.73. The highest BCUT2D eigenvalue weighted by Crippen LogP contribution is 2.32. The van der Waals surface area contributed by atoms with Gasteiger partial charge in [-0.05, 0) is 56.6 Å². The highest BCUT2D eigenvalue weighted by Gasteiger charge is 2.36. The molecule has 2 aromatic rings. The summed E-state index contributed by atoms with van der Waals surface area (Å²) in [4.78, 5) is 16.9. The number of nitrogens with zero attached hydrogens (tertiary/aromatic N) is 1. The Morgan fingerprint density at radius 3 is 2.81 bits per heavy atom. The standard InChI is InChI=1S/C16H19BrN2O2/c1-16(15(20)21)4-6-19(7-5-16)10-11-9-18-14-3-2-12(17)8-13(11)14/h2-3,8-9,18H,4-7,10H2,1H3,(H,20,21). The fourth-order valence-electron chi connectivity index (χ4n) is 2.94. The van der Waals surface area contributed by atoms with E-state index in [4.69, 9.17) is 0 Å². The van der Waals surface area contributed by atoms with E-state index in [1.807, 2.05) is 13.0 Å². The van der Waals surface area contributed by atoms with Crippen molar-refractivity contribution in [3.05, 3.63) is 34.4 Å². The van der Waals surface area contributed by atoms with E-state index in [0.29, 0.717) is 12.8 Å². The van der Waals surface area contributed by atoms with Gasteiger partial charge < -0.3 is 10.1 Å². The molecule has 1 fully saturated rings. The van der Waals surface area contributed by atoms with Crippen molar-refractivity contribution in [2.45, 2.75) is 26.3 Å². The number of fused-ring (bicyclic) bond motifs is 1. The van der Waals surface area contributed by atoms with Crippen LogP contribution in [0.15, 0.2) is 28.9 Å². The predicted molar refractivity (Wildman–Crippen MR) is 86.3 cm³/mol. The third-order valence-electron chi connectivity index (χ3n) is 4.60. The third-order valence-corrected chi connectivity index (χ3v) is 5.09. The number of H-pyrrole nitrogens is 1. The molecule has 0 aliphatic carbocycles. The number of likely N-dealkylation sites (tertiary alicyclic amines) is 1. The summed E-state index contributed by atoms with van der Waals surface area (Å²) in [7, 11) is 0. The van der Waals surface area contributed by atoms with Gasteiger partial charge in [0.1, 0.15) is 0 Å². The van der Waals surface area contributed by atoms with Crippen LogP contribution in [-0.4, -0.2) is 34.0 Å². The van der Waals surface area contributed by atoms with Gasteiger partial charge in [0, 0.05) is 28.1 Å². The quantitative estimate of drug-likeness (QED) is 0.888. The van der Waals surface area contributed by atoms with Crippen molar-refractivity contribution in [1.29, 1.82) is 0 Å². The average molecular weight is 351 g/mol. The maximum Gasteiger partial charge on any atom is 0.309 e. The van der Waals surface area contributed by atoms with Gasteiger partial charge in [-0.25, -0.2) is 0 Å². The monoisotopic (exact) mass is 350 g/mol. The smallest absolute Gasteiger partial charge is 0.309 e. The molecule has 0 spiro atoms. The van der Waals surface area contributed by atoms with E-state index in [1.165, 1.54) is 10.9 Å². The van der Waals surface area contributed by atoms with Crippen molar-refractivity contribution >= 4 is 32.8 Å². The number of piperidine rings is 1. The molecule has 1 saturated heterocycles. The van der Waals surface area contributed by atoms with Crippen molar-refractivity contribution in [3.63, 3.8) is 0 Å². The Labute approximate surface area is 132 Å². The molecule has 5 heteroatoms. The zero-order valence-electron chi connectivity index (χ0n) is 12.0. The molecule has 3 rings (SSSR count). The molecule has 0 bridgehead atoms. The predicted octanol–water partition coefficient (Wildman–Crippen LogP) is 3.62. The summed E-state index contributed by atoms with van der Waals surface area (Å²) in [6, 6.07) is 6.23. The van der Waals surface area contributed by atoms with Crippen LogP contribution in [0.4, 0.5) is 0 Å². The van der Waals surface area contributed by atoms with Crippen LogP contribution in [0.5, 0.6) is 0 Å². The molecule has 1 aliphatic rings. The minimum atomic E-state index is -0.668. The molecule has 2 N–H and O–H groups in total. The van der Waals surface area contributed by atoms with Crippen LogP contribution in [0.25, 0.3) is 10.9 Å². The Kier molecular flexibility index (Phi) is 3.80. The van der Waals surface area contributed by atoms with Crippen LogP contribution in [0.3, 0.4) is 0 Å². The van der Waals surface area contributed by atoms with Crippen LogP contribution in [-0.2, 0) is 11.3 Å². The van der Waals surface area contributed by atoms with Crippen LogP contribution in [0.2, 0.25) is 0 Å². The second-order valence-corrected chi connectivity index (χ2v) is 7.06. The van der Waals surface area contributed by atoms with E-state index in [-0.39, 0.29) is 0 Å². The molecule has 0 atom stereocenters. The molecule has 0 radical (unpaired) electrons. The summed E-state index contributed by atoms with van der Waals surface area (Å²) in [6.07, 6.45) is 3.49. The molecule has 4 nitrogen and oxygen atoms in total. The Morgan fingerprint density at radius 1 is 1.43 bits per heavy atom. The van der Waals surface area contributed by atoms with Crippen molar-refractivity contribution in [1.82, 2.24) is 9.88 Å². The largest absolute Gasteiger partial charge is 0.481 e. The van der Waals surface area contributed by atoms with E-state index in [9.17, 15) is 9.90 Å². The lowest BCUT2D eigenvalue weighted by atomic mass is 9.80. The summed E-state index contributed by atoms with van der Waals surface area (Å²) in [6.45, 7) is 4.40. The second kappa shape index (κ2) is 5.46. The first-order valence-electron chi connectivity index (χ1n) is 7.19. The van der Waals surface area contributed by atoms with Gasteiger partial charge in [0.25, 0.3) is 0 Å². The van der Waals surface area contributed by atoms with Crippen molar-refractivity contribution in [3.8, 4) is 0 Å². The number of hydrogen-bond acceptors (Lipinski definition) is 2. The first-order valence-corrected chi connectivity index (χ1v) is 7.98. The highest BCUT2D eigenvalue weighted by molar-refractivity contribution is 9.10. The number of aromatic nitrogens is 1. The van der Waals surface area contributed by atoms with Gasteiger partial charge in [-0.3, -0.25) is 9.69 Å². The van der Waals surface area contributed by atoms with E-state index < -0.39 is 11.4 Å². The molecule has 1 aliphatic heterocycles. The van der Waals surface area contributed by atoms with Gasteiger partial charge >= 0.3 is 5.97 Å². The summed E-state index contributed by atoms with van der Waals surface area (Å²) in [5.74, 6) is -0.668. The lowest BCUT2D eigenvalue weighted by molar-refractivity contribution is -0.150. The van der Waals surface area contributed by atoms with Gasteiger partial charge in [0.05, 0.1) is 5.41 Å². The summed E-state index contributed by atoms with van der Waals surface area (Å²) in [5.41, 5.74) is 1.85. The molecular weight excluding hydrogens is 332 g/mol. The number of carbonyl (C=O) groups is 1. The fraction of sp³-hybridized carbons (Fsp3) is 0.438. The average Bonchev–Trinajstić information content (AvgIpc) is 2.84. The number of rotatable bonds is 3. The van der Waals surface area contributed by atoms with E-state index >= 15 is 0 Å². The maximum atomic E-state index is 11.3. The Bertz CT molecular complexity index is 672. The molecule has 1 aromatic heterocycles. The van der Waals surface area contributed by atoms with Gasteiger partial charge in [-0.2, -0.15) is 0 Å². The van der Waals surface area contributed by atoms with Crippen LogP contribution < -0.4 is 0 Å². The first-order chi connectivity index (χ1) is 9.98. The van der Waals surface area contributed by atoms with E-state index in [1.54, 1.807) is 0 Å². The fourth-order valence-corrected chi connectivity index (χ4v) is 3.30. The number of aromatic amines is 1. The minimum absolute atomic E-state index is 0.556. The first kappa shape index (κ1) is 14.6. The van der Waals surface area contributed by atoms with E-state index in [0.717, 1.165) is 29.6 Å². The normalized spacial score (nSPS) is 19.0. The topological polar surface area (TPSA) is 56.3 Å². The minimum Gasteiger partial charge on any atom is -0.481 e. The van der Waals surface area contributed by atoms with Crippen LogP contribution in [0, 0.1) is 5.41 Å². The molecule has 21 heavy (non-hydrogen) atoms. The number of aliphatic carboxylic acids is 1. The van der Waals surface area contributed by atoms with Gasteiger partial charge in [-0.1, -0.05) is 15.9 Å². The molecule has 1 aromatic carbocycles. The summed E-state index contributed by atoms with van der Waals surface area (Å²) in [5, 5.41) is 10.5. The number of carboxylic acid groups (broad SMARTS) is 1. The van der Waals surface area contributed by atoms with Crippen LogP contribution >= 0.6 is 15.9 Å². The van der Waals surface area contributed by atoms with Crippen molar-refractivity contribution in [2.75, 3.05) is 13.1 Å². The SMILES string of the molecule is CC1(C(=O)O)CCN(Cc2c[nH]c3ccc(Br)cc23)CC1. The van der Waals surface area contributed by atoms with E-state index in [2.05, 4.69) is 44.1 Å². The number of benzene rings is 1. The number of halogens is 1. The number of hydrogen-bond donors (Lipinski definition) is 2. The summed E-state index contributed by atoms with van der Waals surface area (Å²) >= 11 is 3.51. The Morgan fingerprint density at radius 2 is 2.14 bits per heavy atom. The van der Waals surface area contributed by atoms with Crippen molar-refractivity contribution in [2.24, 2.45) is 5.41 Å². The molecule has 112 valence electrons. The number of nitrogens with one attached hydrogen (secondary N) is 1. The zero-order chi connectivity index (χ0) is 15.0. The molecule has 0 unspecified atom stereocenters. The highest BCUT2D eigenvalue weighted by atomic mass is 79.9. The van der Waals surface area contributed by atoms with Crippen molar-refractivity contribution < 1.29 is 9.90 Å². The molecule has 0 saturated carbocycles. The zero-order valence-corrected chi connectivity index (χ0v) is 13.6.